The fourth-order valence-electron chi connectivity index (χ4n) is 2.27. The number of likely N-dealkylation sites (tertiary alicyclic amines) is 1. The van der Waals surface area contributed by atoms with Crippen molar-refractivity contribution in [2.45, 2.75) is 45.7 Å². The van der Waals surface area contributed by atoms with E-state index >= 15 is 0 Å². The lowest BCUT2D eigenvalue weighted by molar-refractivity contribution is -0.143. The Morgan fingerprint density at radius 2 is 2.12 bits per heavy atom. The first kappa shape index (κ1) is 14.0. The third kappa shape index (κ3) is 2.77. The zero-order chi connectivity index (χ0) is 13.2. The molecule has 1 heterocycles. The van der Waals surface area contributed by atoms with E-state index in [0.717, 1.165) is 6.42 Å². The van der Waals surface area contributed by atoms with Crippen LogP contribution in [-0.2, 0) is 9.59 Å². The normalized spacial score (nSPS) is 27.9. The van der Waals surface area contributed by atoms with Crippen LogP contribution in [0.25, 0.3) is 0 Å². The van der Waals surface area contributed by atoms with Gasteiger partial charge in [0.2, 0.25) is 5.91 Å². The van der Waals surface area contributed by atoms with Crippen LogP contribution < -0.4 is 5.73 Å². The first-order chi connectivity index (χ1) is 7.90. The number of carbonyl (C=O) groups is 2. The number of carbonyl (C=O) groups excluding carboxylic acids is 1. The molecule has 5 nitrogen and oxygen atoms in total. The number of nitrogens with two attached hydrogens (primary N) is 1. The van der Waals surface area contributed by atoms with Crippen LogP contribution in [-0.4, -0.2) is 40.5 Å². The standard InChI is InChI=1S/C12H22N2O3/c1-4-7(2)10(13)11(15)14-6-5-9(8(14)3)12(16)17/h7-10H,4-6,13H2,1-3H3,(H,16,17)/t7-,8?,9?,10-/m0/s1. The van der Waals surface area contributed by atoms with Crippen molar-refractivity contribution in [1.82, 2.24) is 4.90 Å². The van der Waals surface area contributed by atoms with Crippen LogP contribution in [0.5, 0.6) is 0 Å². The third-order valence-corrected chi connectivity index (χ3v) is 3.90. The molecule has 3 N–H and O–H groups in total. The van der Waals surface area contributed by atoms with Crippen molar-refractivity contribution in [2.24, 2.45) is 17.6 Å². The molecule has 4 atom stereocenters. The minimum absolute atomic E-state index is 0.115. The van der Waals surface area contributed by atoms with Crippen LogP contribution in [0.15, 0.2) is 0 Å². The number of hydrogen-bond donors (Lipinski definition) is 2. The van der Waals surface area contributed by atoms with Crippen molar-refractivity contribution in [3.8, 4) is 0 Å². The molecule has 1 amide bonds. The fourth-order valence-corrected chi connectivity index (χ4v) is 2.27. The Balaban J connectivity index is 2.69. The number of hydrogen-bond acceptors (Lipinski definition) is 3. The molecule has 1 aliphatic heterocycles. The molecule has 1 rings (SSSR count). The maximum Gasteiger partial charge on any atom is 0.308 e. The first-order valence-corrected chi connectivity index (χ1v) is 6.19. The van der Waals surface area contributed by atoms with E-state index in [1.54, 1.807) is 11.8 Å². The highest BCUT2D eigenvalue weighted by molar-refractivity contribution is 5.84. The van der Waals surface area contributed by atoms with E-state index in [4.69, 9.17) is 10.8 Å². The van der Waals surface area contributed by atoms with Gasteiger partial charge in [-0.3, -0.25) is 9.59 Å². The van der Waals surface area contributed by atoms with E-state index in [9.17, 15) is 9.59 Å². The van der Waals surface area contributed by atoms with E-state index < -0.39 is 17.9 Å². The summed E-state index contributed by atoms with van der Waals surface area (Å²) in [5, 5.41) is 9.01. The average Bonchev–Trinajstić information content (AvgIpc) is 2.68. The molecule has 1 aliphatic rings. The van der Waals surface area contributed by atoms with Gasteiger partial charge in [0.1, 0.15) is 0 Å². The molecular formula is C12H22N2O3. The fraction of sp³-hybridized carbons (Fsp3) is 0.833. The molecule has 1 saturated heterocycles. The molecule has 1 fully saturated rings. The Morgan fingerprint density at radius 3 is 2.53 bits per heavy atom. The molecule has 0 saturated carbocycles. The topological polar surface area (TPSA) is 83.6 Å². The maximum absolute atomic E-state index is 12.1. The summed E-state index contributed by atoms with van der Waals surface area (Å²) in [6.45, 7) is 6.22. The number of carboxylic acids is 1. The molecule has 0 spiro atoms. The largest absolute Gasteiger partial charge is 0.481 e. The molecule has 17 heavy (non-hydrogen) atoms. The van der Waals surface area contributed by atoms with Crippen LogP contribution >= 0.6 is 0 Å². The van der Waals surface area contributed by atoms with Crippen molar-refractivity contribution in [2.75, 3.05) is 6.54 Å². The van der Waals surface area contributed by atoms with E-state index in [0.29, 0.717) is 13.0 Å². The van der Waals surface area contributed by atoms with E-state index in [-0.39, 0.29) is 17.9 Å². The maximum atomic E-state index is 12.1. The van der Waals surface area contributed by atoms with Gasteiger partial charge >= 0.3 is 5.97 Å². The number of aliphatic carboxylic acids is 1. The van der Waals surface area contributed by atoms with Crippen molar-refractivity contribution in [1.29, 1.82) is 0 Å². The second-order valence-electron chi connectivity index (χ2n) is 4.92. The van der Waals surface area contributed by atoms with Crippen LogP contribution in [0.2, 0.25) is 0 Å². The Hall–Kier alpha value is -1.10. The first-order valence-electron chi connectivity index (χ1n) is 6.19. The SMILES string of the molecule is CC[C@H](C)[C@H](N)C(=O)N1CCC(C(=O)O)C1C. The van der Waals surface area contributed by atoms with Gasteiger partial charge in [0.25, 0.3) is 0 Å². The van der Waals surface area contributed by atoms with Crippen molar-refractivity contribution in [3.63, 3.8) is 0 Å². The highest BCUT2D eigenvalue weighted by atomic mass is 16.4. The van der Waals surface area contributed by atoms with Gasteiger partial charge in [-0.25, -0.2) is 0 Å². The van der Waals surface area contributed by atoms with E-state index in [1.807, 2.05) is 13.8 Å². The van der Waals surface area contributed by atoms with Crippen LogP contribution in [0.1, 0.15) is 33.6 Å². The van der Waals surface area contributed by atoms with E-state index in [1.165, 1.54) is 0 Å². The minimum Gasteiger partial charge on any atom is -0.481 e. The van der Waals surface area contributed by atoms with Gasteiger partial charge in [-0.1, -0.05) is 20.3 Å². The molecule has 0 aliphatic carbocycles. The van der Waals surface area contributed by atoms with Gasteiger partial charge in [0, 0.05) is 12.6 Å². The lowest BCUT2D eigenvalue weighted by Crippen LogP contribution is -2.49. The number of rotatable bonds is 4. The molecule has 0 bridgehead atoms. The predicted octanol–water partition coefficient (Wildman–Crippen LogP) is 0.681. The lowest BCUT2D eigenvalue weighted by Gasteiger charge is -2.28. The van der Waals surface area contributed by atoms with Crippen LogP contribution in [0.3, 0.4) is 0 Å². The summed E-state index contributed by atoms with van der Waals surface area (Å²) in [6.07, 6.45) is 1.37. The summed E-state index contributed by atoms with van der Waals surface area (Å²) in [6, 6.07) is -0.773. The number of amides is 1. The summed E-state index contributed by atoms with van der Waals surface area (Å²) in [7, 11) is 0. The quantitative estimate of drug-likeness (QED) is 0.759. The lowest BCUT2D eigenvalue weighted by atomic mass is 9.98. The molecule has 98 valence electrons. The average molecular weight is 242 g/mol. The Kier molecular flexibility index (Phi) is 4.51. The number of nitrogens with zero attached hydrogens (tertiary/aromatic N) is 1. The molecule has 0 aromatic rings. The zero-order valence-electron chi connectivity index (χ0n) is 10.7. The molecule has 5 heteroatoms. The van der Waals surface area contributed by atoms with Crippen molar-refractivity contribution < 1.29 is 14.7 Å². The molecular weight excluding hydrogens is 220 g/mol. The highest BCUT2D eigenvalue weighted by Crippen LogP contribution is 2.25. The van der Waals surface area contributed by atoms with Crippen molar-refractivity contribution >= 4 is 11.9 Å². The van der Waals surface area contributed by atoms with Crippen LogP contribution in [0.4, 0.5) is 0 Å². The number of carboxylic acid groups (broad SMARTS) is 1. The van der Waals surface area contributed by atoms with Crippen molar-refractivity contribution in [3.05, 3.63) is 0 Å². The summed E-state index contributed by atoms with van der Waals surface area (Å²) < 4.78 is 0. The monoisotopic (exact) mass is 242 g/mol. The minimum atomic E-state index is -0.829. The third-order valence-electron chi connectivity index (χ3n) is 3.90. The Morgan fingerprint density at radius 1 is 1.53 bits per heavy atom. The van der Waals surface area contributed by atoms with Gasteiger partial charge in [-0.2, -0.15) is 0 Å². The Labute approximate surface area is 102 Å². The molecule has 2 unspecified atom stereocenters. The van der Waals surface area contributed by atoms with Gasteiger partial charge < -0.3 is 15.7 Å². The van der Waals surface area contributed by atoms with Gasteiger partial charge in [-0.15, -0.1) is 0 Å². The summed E-state index contributed by atoms with van der Waals surface area (Å²) in [5.41, 5.74) is 5.90. The summed E-state index contributed by atoms with van der Waals surface area (Å²) in [4.78, 5) is 24.7. The van der Waals surface area contributed by atoms with Gasteiger partial charge in [0.05, 0.1) is 12.0 Å². The highest BCUT2D eigenvalue weighted by Gasteiger charge is 2.40. The van der Waals surface area contributed by atoms with Gasteiger partial charge in [0.15, 0.2) is 0 Å². The molecule has 0 aromatic carbocycles. The zero-order valence-corrected chi connectivity index (χ0v) is 10.7. The Bertz CT molecular complexity index is 306. The summed E-state index contributed by atoms with van der Waals surface area (Å²) in [5.74, 6) is -1.28. The molecule has 0 radical (unpaired) electrons. The summed E-state index contributed by atoms with van der Waals surface area (Å²) >= 11 is 0. The second-order valence-corrected chi connectivity index (χ2v) is 4.92. The van der Waals surface area contributed by atoms with Crippen LogP contribution in [0, 0.1) is 11.8 Å². The second kappa shape index (κ2) is 5.49. The predicted molar refractivity (Wildman–Crippen MR) is 64.3 cm³/mol. The van der Waals surface area contributed by atoms with Gasteiger partial charge in [-0.05, 0) is 19.3 Å². The molecule has 0 aromatic heterocycles. The van der Waals surface area contributed by atoms with E-state index in [2.05, 4.69) is 0 Å². The smallest absolute Gasteiger partial charge is 0.308 e.